The number of nitrogens with zero attached hydrogens (tertiary/aromatic N) is 2. The molecule has 0 radical (unpaired) electrons. The van der Waals surface area contributed by atoms with Gasteiger partial charge in [0.1, 0.15) is 5.54 Å². The second-order valence-electron chi connectivity index (χ2n) is 8.37. The Morgan fingerprint density at radius 2 is 1.48 bits per heavy atom. The summed E-state index contributed by atoms with van der Waals surface area (Å²) in [6, 6.07) is -0.0329. The van der Waals surface area contributed by atoms with E-state index in [0.29, 0.717) is 6.54 Å². The molecule has 3 amide bonds. The summed E-state index contributed by atoms with van der Waals surface area (Å²) < 4.78 is 0. The fourth-order valence-electron chi connectivity index (χ4n) is 6.12. The van der Waals surface area contributed by atoms with Crippen molar-refractivity contribution < 1.29 is 9.59 Å². The second kappa shape index (κ2) is 4.02. The Kier molecular flexibility index (Phi) is 2.60. The minimum atomic E-state index is -0.671. The highest BCUT2D eigenvalue weighted by Crippen LogP contribution is 2.59. The number of hydrogen-bond acceptors (Lipinski definition) is 2. The van der Waals surface area contributed by atoms with E-state index in [1.54, 1.807) is 9.80 Å². The molecule has 1 heterocycles. The Morgan fingerprint density at radius 3 is 1.86 bits per heavy atom. The van der Waals surface area contributed by atoms with E-state index < -0.39 is 5.54 Å². The molecule has 4 saturated carbocycles. The number of carbonyl (C=O) groups is 2. The first-order chi connectivity index (χ1) is 9.87. The molecule has 5 rings (SSSR count). The highest BCUT2D eigenvalue weighted by molar-refractivity contribution is 6.07. The summed E-state index contributed by atoms with van der Waals surface area (Å²) in [5, 5.41) is 0. The molecular formula is C17H26N2O2. The van der Waals surface area contributed by atoms with Gasteiger partial charge in [-0.05, 0) is 77.0 Å². The van der Waals surface area contributed by atoms with Gasteiger partial charge in [0.25, 0.3) is 5.91 Å². The van der Waals surface area contributed by atoms with Crippen LogP contribution in [0.5, 0.6) is 0 Å². The van der Waals surface area contributed by atoms with Gasteiger partial charge in [-0.1, -0.05) is 0 Å². The summed E-state index contributed by atoms with van der Waals surface area (Å²) in [7, 11) is 0. The monoisotopic (exact) mass is 290 g/mol. The van der Waals surface area contributed by atoms with Crippen LogP contribution < -0.4 is 0 Å². The zero-order valence-corrected chi connectivity index (χ0v) is 13.4. The average molecular weight is 290 g/mol. The molecule has 1 aliphatic heterocycles. The minimum absolute atomic E-state index is 0.0329. The average Bonchev–Trinajstić information content (AvgIpc) is 2.54. The molecule has 4 bridgehead atoms. The molecule has 4 aliphatic carbocycles. The van der Waals surface area contributed by atoms with Crippen molar-refractivity contribution in [3.05, 3.63) is 0 Å². The Bertz CT molecular complexity index is 476. The van der Waals surface area contributed by atoms with Crippen LogP contribution in [0.2, 0.25) is 0 Å². The predicted molar refractivity (Wildman–Crippen MR) is 79.6 cm³/mol. The lowest BCUT2D eigenvalue weighted by atomic mass is 9.52. The van der Waals surface area contributed by atoms with Crippen LogP contribution in [-0.4, -0.2) is 39.4 Å². The van der Waals surface area contributed by atoms with Gasteiger partial charge in [0.15, 0.2) is 0 Å². The van der Waals surface area contributed by atoms with Crippen LogP contribution in [0.15, 0.2) is 0 Å². The third-order valence-electron chi connectivity index (χ3n) is 6.62. The van der Waals surface area contributed by atoms with Gasteiger partial charge in [-0.3, -0.25) is 9.69 Å². The van der Waals surface area contributed by atoms with Crippen LogP contribution in [0.3, 0.4) is 0 Å². The number of carbonyl (C=O) groups excluding carboxylic acids is 2. The SMILES string of the molecule is CCN1C(=O)N(C23CC4CC(CC(C4)C2)C3)C(=O)C1(C)C. The van der Waals surface area contributed by atoms with Crippen molar-refractivity contribution in [3.8, 4) is 0 Å². The number of imide groups is 1. The molecule has 4 heteroatoms. The smallest absolute Gasteiger partial charge is 0.310 e. The molecule has 0 aromatic rings. The van der Waals surface area contributed by atoms with E-state index in [1.165, 1.54) is 19.3 Å². The van der Waals surface area contributed by atoms with E-state index in [4.69, 9.17) is 0 Å². The van der Waals surface area contributed by atoms with Crippen molar-refractivity contribution in [2.75, 3.05) is 6.54 Å². The van der Waals surface area contributed by atoms with E-state index in [1.807, 2.05) is 20.8 Å². The van der Waals surface area contributed by atoms with Crippen LogP contribution in [-0.2, 0) is 4.79 Å². The first-order valence-corrected chi connectivity index (χ1v) is 8.53. The Balaban J connectivity index is 1.73. The van der Waals surface area contributed by atoms with Gasteiger partial charge in [-0.2, -0.15) is 0 Å². The highest BCUT2D eigenvalue weighted by atomic mass is 16.2. The molecule has 4 nitrogen and oxygen atoms in total. The zero-order valence-electron chi connectivity index (χ0n) is 13.4. The van der Waals surface area contributed by atoms with Crippen molar-refractivity contribution in [1.29, 1.82) is 0 Å². The third-order valence-corrected chi connectivity index (χ3v) is 6.62. The van der Waals surface area contributed by atoms with E-state index in [0.717, 1.165) is 37.0 Å². The fourth-order valence-corrected chi connectivity index (χ4v) is 6.12. The summed E-state index contributed by atoms with van der Waals surface area (Å²) >= 11 is 0. The van der Waals surface area contributed by atoms with Crippen molar-refractivity contribution >= 4 is 11.9 Å². The molecule has 0 unspecified atom stereocenters. The van der Waals surface area contributed by atoms with Crippen LogP contribution in [0, 0.1) is 17.8 Å². The molecule has 0 aromatic carbocycles. The summed E-state index contributed by atoms with van der Waals surface area (Å²) in [5.41, 5.74) is -0.820. The molecular weight excluding hydrogens is 264 g/mol. The summed E-state index contributed by atoms with van der Waals surface area (Å²) in [4.78, 5) is 29.4. The van der Waals surface area contributed by atoms with Crippen molar-refractivity contribution in [3.63, 3.8) is 0 Å². The third kappa shape index (κ3) is 1.62. The molecule has 0 aromatic heterocycles. The fraction of sp³-hybridized carbons (Fsp3) is 0.882. The van der Waals surface area contributed by atoms with Gasteiger partial charge in [-0.25, -0.2) is 4.79 Å². The van der Waals surface area contributed by atoms with Gasteiger partial charge >= 0.3 is 6.03 Å². The van der Waals surface area contributed by atoms with Crippen molar-refractivity contribution in [1.82, 2.24) is 9.80 Å². The number of likely N-dealkylation sites (N-methyl/N-ethyl adjacent to an activating group) is 1. The lowest BCUT2D eigenvalue weighted by molar-refractivity contribution is -0.144. The second-order valence-corrected chi connectivity index (χ2v) is 8.37. The van der Waals surface area contributed by atoms with Crippen molar-refractivity contribution in [2.24, 2.45) is 17.8 Å². The lowest BCUT2D eigenvalue weighted by Crippen LogP contribution is -2.62. The Morgan fingerprint density at radius 1 is 1.00 bits per heavy atom. The van der Waals surface area contributed by atoms with E-state index in [9.17, 15) is 9.59 Å². The Hall–Kier alpha value is -1.06. The van der Waals surface area contributed by atoms with Gasteiger partial charge < -0.3 is 4.90 Å². The lowest BCUT2D eigenvalue weighted by Gasteiger charge is -2.58. The zero-order chi connectivity index (χ0) is 15.0. The summed E-state index contributed by atoms with van der Waals surface area (Å²) in [5.74, 6) is 2.28. The quantitative estimate of drug-likeness (QED) is 0.733. The molecule has 0 N–H and O–H groups in total. The van der Waals surface area contributed by atoms with Gasteiger partial charge in [0, 0.05) is 6.54 Å². The molecule has 0 spiro atoms. The topological polar surface area (TPSA) is 40.6 Å². The first-order valence-electron chi connectivity index (χ1n) is 8.53. The predicted octanol–water partition coefficient (Wildman–Crippen LogP) is 3.02. The summed E-state index contributed by atoms with van der Waals surface area (Å²) in [6.45, 7) is 6.38. The van der Waals surface area contributed by atoms with Gasteiger partial charge in [-0.15, -0.1) is 0 Å². The molecule has 116 valence electrons. The maximum atomic E-state index is 13.0. The molecule has 21 heavy (non-hydrogen) atoms. The highest BCUT2D eigenvalue weighted by Gasteiger charge is 2.62. The van der Waals surface area contributed by atoms with Gasteiger partial charge in [0.2, 0.25) is 0 Å². The molecule has 5 fully saturated rings. The van der Waals surface area contributed by atoms with Gasteiger partial charge in [0.05, 0.1) is 5.54 Å². The number of rotatable bonds is 2. The number of urea groups is 1. The van der Waals surface area contributed by atoms with Crippen LogP contribution in [0.4, 0.5) is 4.79 Å². The maximum Gasteiger partial charge on any atom is 0.328 e. The van der Waals surface area contributed by atoms with E-state index in [2.05, 4.69) is 0 Å². The molecule has 5 aliphatic rings. The minimum Gasteiger partial charge on any atom is -0.310 e. The summed E-state index contributed by atoms with van der Waals surface area (Å²) in [6.07, 6.45) is 7.17. The van der Waals surface area contributed by atoms with E-state index in [-0.39, 0.29) is 17.5 Å². The number of hydrogen-bond donors (Lipinski definition) is 0. The molecule has 1 saturated heterocycles. The first kappa shape index (κ1) is 13.6. The molecule has 0 atom stereocenters. The standard InChI is InChI=1S/C17H26N2O2/c1-4-18-15(21)19(14(20)16(18,2)3)17-8-11-5-12(9-17)7-13(6-11)10-17/h11-13H,4-10H2,1-3H3. The van der Waals surface area contributed by atoms with Crippen LogP contribution in [0.1, 0.15) is 59.3 Å². The van der Waals surface area contributed by atoms with E-state index >= 15 is 0 Å². The van der Waals surface area contributed by atoms with Crippen LogP contribution >= 0.6 is 0 Å². The Labute approximate surface area is 126 Å². The normalized spacial score (nSPS) is 44.0. The largest absolute Gasteiger partial charge is 0.328 e. The van der Waals surface area contributed by atoms with Crippen molar-refractivity contribution in [2.45, 2.75) is 70.4 Å². The van der Waals surface area contributed by atoms with Crippen LogP contribution in [0.25, 0.3) is 0 Å². The maximum absolute atomic E-state index is 13.0. The number of amides is 3.